The molecule has 0 aliphatic carbocycles. The van der Waals surface area contributed by atoms with E-state index in [0.29, 0.717) is 0 Å². The Bertz CT molecular complexity index is 690. The largest absolute Gasteiger partial charge is 0.452 e. The Morgan fingerprint density at radius 3 is 2.55 bits per heavy atom. The Kier molecular flexibility index (Phi) is 4.89. The van der Waals surface area contributed by atoms with Crippen LogP contribution in [0.15, 0.2) is 22.7 Å². The lowest BCUT2D eigenvalue weighted by Crippen LogP contribution is -2.21. The van der Waals surface area contributed by atoms with Crippen LogP contribution in [-0.4, -0.2) is 23.6 Å². The number of aryl methyl sites for hydroxylation is 1. The summed E-state index contributed by atoms with van der Waals surface area (Å²) in [6.45, 7) is 0.991. The number of nitrogens with zero attached hydrogens (tertiary/aromatic N) is 1. The maximum Gasteiger partial charge on any atom is 0.346 e. The van der Waals surface area contributed by atoms with Crippen molar-refractivity contribution >= 4 is 46.6 Å². The summed E-state index contributed by atoms with van der Waals surface area (Å²) in [6, 6.07) is 4.77. The van der Waals surface area contributed by atoms with Gasteiger partial charge >= 0.3 is 5.97 Å². The molecule has 0 aliphatic heterocycles. The van der Waals surface area contributed by atoms with Crippen LogP contribution in [0.3, 0.4) is 0 Å². The number of nitrogen functional groups attached to an aromatic ring is 1. The highest BCUT2D eigenvalue weighted by atomic mass is 35.5. The molecule has 2 aromatic rings. The van der Waals surface area contributed by atoms with Crippen LogP contribution in [0, 0.1) is 6.92 Å². The van der Waals surface area contributed by atoms with E-state index in [0.717, 1.165) is 0 Å². The maximum atomic E-state index is 11.8. The van der Waals surface area contributed by atoms with Gasteiger partial charge in [-0.2, -0.15) is 0 Å². The third kappa shape index (κ3) is 3.49. The molecular weight excluding hydrogens is 333 g/mol. The van der Waals surface area contributed by atoms with Gasteiger partial charge in [-0.25, -0.2) is 4.79 Å². The minimum absolute atomic E-state index is 0.0106. The molecule has 7 nitrogen and oxygen atoms in total. The molecular formula is C13H11Cl2N3O4. The lowest BCUT2D eigenvalue weighted by molar-refractivity contribution is -0.119. The molecule has 0 aliphatic rings. The SMILES string of the molecule is Cc1noc(N)c1C(=O)OCC(=O)Nc1c(Cl)cccc1Cl. The first kappa shape index (κ1) is 16.1. The second-order valence-corrected chi connectivity index (χ2v) is 5.04. The van der Waals surface area contributed by atoms with Gasteiger partial charge in [0, 0.05) is 0 Å². The first-order valence-electron chi connectivity index (χ1n) is 6.03. The van der Waals surface area contributed by atoms with Gasteiger partial charge in [-0.3, -0.25) is 4.79 Å². The number of anilines is 2. The summed E-state index contributed by atoms with van der Waals surface area (Å²) in [4.78, 5) is 23.6. The van der Waals surface area contributed by atoms with Gasteiger partial charge in [0.05, 0.1) is 21.4 Å². The van der Waals surface area contributed by atoms with E-state index in [9.17, 15) is 9.59 Å². The number of rotatable bonds is 4. The van der Waals surface area contributed by atoms with E-state index in [1.54, 1.807) is 18.2 Å². The average molecular weight is 344 g/mol. The van der Waals surface area contributed by atoms with Crippen molar-refractivity contribution in [3.63, 3.8) is 0 Å². The van der Waals surface area contributed by atoms with Crippen molar-refractivity contribution in [2.24, 2.45) is 0 Å². The van der Waals surface area contributed by atoms with Gasteiger partial charge in [0.25, 0.3) is 5.91 Å². The highest BCUT2D eigenvalue weighted by Gasteiger charge is 2.21. The van der Waals surface area contributed by atoms with Crippen LogP contribution in [0.25, 0.3) is 0 Å². The molecule has 22 heavy (non-hydrogen) atoms. The second-order valence-electron chi connectivity index (χ2n) is 4.23. The zero-order valence-corrected chi connectivity index (χ0v) is 12.9. The monoisotopic (exact) mass is 343 g/mol. The fourth-order valence-corrected chi connectivity index (χ4v) is 2.12. The molecule has 1 aromatic carbocycles. The summed E-state index contributed by atoms with van der Waals surface area (Å²) in [5, 5.41) is 6.52. The minimum atomic E-state index is -0.809. The van der Waals surface area contributed by atoms with Crippen LogP contribution >= 0.6 is 23.2 Å². The third-order valence-corrected chi connectivity index (χ3v) is 3.28. The molecule has 0 unspecified atom stereocenters. The Morgan fingerprint density at radius 1 is 1.36 bits per heavy atom. The van der Waals surface area contributed by atoms with Crippen molar-refractivity contribution < 1.29 is 18.8 Å². The van der Waals surface area contributed by atoms with Crippen LogP contribution in [0.1, 0.15) is 16.1 Å². The Hall–Kier alpha value is -2.25. The summed E-state index contributed by atoms with van der Waals surface area (Å²) in [7, 11) is 0. The van der Waals surface area contributed by atoms with Gasteiger partial charge in [0.15, 0.2) is 6.61 Å². The number of amides is 1. The predicted molar refractivity (Wildman–Crippen MR) is 81.0 cm³/mol. The molecule has 0 saturated carbocycles. The van der Waals surface area contributed by atoms with Crippen molar-refractivity contribution in [3.05, 3.63) is 39.5 Å². The fourth-order valence-electron chi connectivity index (χ4n) is 1.63. The number of halogens is 2. The molecule has 2 rings (SSSR count). The van der Waals surface area contributed by atoms with E-state index >= 15 is 0 Å². The van der Waals surface area contributed by atoms with Crippen molar-refractivity contribution in [1.29, 1.82) is 0 Å². The first-order chi connectivity index (χ1) is 10.4. The molecule has 1 heterocycles. The number of benzene rings is 1. The third-order valence-electron chi connectivity index (χ3n) is 2.65. The fraction of sp³-hybridized carbons (Fsp3) is 0.154. The number of hydrogen-bond donors (Lipinski definition) is 2. The quantitative estimate of drug-likeness (QED) is 0.826. The molecule has 0 spiro atoms. The van der Waals surface area contributed by atoms with E-state index in [2.05, 4.69) is 15.0 Å². The average Bonchev–Trinajstić information content (AvgIpc) is 2.80. The number of para-hydroxylation sites is 1. The lowest BCUT2D eigenvalue weighted by Gasteiger charge is -2.09. The smallest absolute Gasteiger partial charge is 0.346 e. The second kappa shape index (κ2) is 6.67. The number of nitrogens with two attached hydrogens (primary N) is 1. The lowest BCUT2D eigenvalue weighted by atomic mass is 10.2. The molecule has 0 saturated heterocycles. The van der Waals surface area contributed by atoms with Gasteiger partial charge < -0.3 is 20.3 Å². The number of ether oxygens (including phenoxy) is 1. The van der Waals surface area contributed by atoms with Crippen molar-refractivity contribution in [3.8, 4) is 0 Å². The van der Waals surface area contributed by atoms with E-state index in [1.807, 2.05) is 0 Å². The van der Waals surface area contributed by atoms with Crippen molar-refractivity contribution in [1.82, 2.24) is 5.16 Å². The van der Waals surface area contributed by atoms with Crippen LogP contribution in [0.2, 0.25) is 10.0 Å². The zero-order valence-electron chi connectivity index (χ0n) is 11.4. The van der Waals surface area contributed by atoms with Crippen molar-refractivity contribution in [2.45, 2.75) is 6.92 Å². The highest BCUT2D eigenvalue weighted by Crippen LogP contribution is 2.29. The van der Waals surface area contributed by atoms with E-state index in [4.69, 9.17) is 33.7 Å². The standard InChI is InChI=1S/C13H11Cl2N3O4/c1-6-10(12(16)22-18-6)13(20)21-5-9(19)17-11-7(14)3-2-4-8(11)15/h2-4H,5,16H2,1H3,(H,17,19). The van der Waals surface area contributed by atoms with Gasteiger partial charge in [0.1, 0.15) is 5.56 Å². The van der Waals surface area contributed by atoms with Gasteiger partial charge in [-0.1, -0.05) is 34.4 Å². The summed E-state index contributed by atoms with van der Waals surface area (Å²) in [5.74, 6) is -1.58. The number of carbonyl (C=O) groups is 2. The summed E-state index contributed by atoms with van der Waals surface area (Å²) in [5.41, 5.74) is 5.95. The maximum absolute atomic E-state index is 11.8. The van der Waals surface area contributed by atoms with Gasteiger partial charge in [0.2, 0.25) is 5.88 Å². The van der Waals surface area contributed by atoms with E-state index < -0.39 is 18.5 Å². The highest BCUT2D eigenvalue weighted by molar-refractivity contribution is 6.39. The molecule has 3 N–H and O–H groups in total. The minimum Gasteiger partial charge on any atom is -0.452 e. The molecule has 0 radical (unpaired) electrons. The first-order valence-corrected chi connectivity index (χ1v) is 6.78. The molecule has 1 amide bonds. The van der Waals surface area contributed by atoms with Gasteiger partial charge in [-0.05, 0) is 19.1 Å². The number of nitrogens with one attached hydrogen (secondary N) is 1. The Labute approximate surface area is 135 Å². The predicted octanol–water partition coefficient (Wildman–Crippen LogP) is 2.67. The summed E-state index contributed by atoms with van der Waals surface area (Å²) in [6.07, 6.45) is 0. The normalized spacial score (nSPS) is 10.3. The number of esters is 1. The number of hydrogen-bond acceptors (Lipinski definition) is 6. The van der Waals surface area contributed by atoms with Crippen LogP contribution < -0.4 is 11.1 Å². The molecule has 0 bridgehead atoms. The van der Waals surface area contributed by atoms with Gasteiger partial charge in [-0.15, -0.1) is 0 Å². The Morgan fingerprint density at radius 2 is 2.00 bits per heavy atom. The molecule has 0 fully saturated rings. The molecule has 1 aromatic heterocycles. The molecule has 116 valence electrons. The zero-order chi connectivity index (χ0) is 16.3. The molecule has 9 heteroatoms. The Balaban J connectivity index is 1.98. The van der Waals surface area contributed by atoms with E-state index in [1.165, 1.54) is 6.92 Å². The van der Waals surface area contributed by atoms with Crippen LogP contribution in [-0.2, 0) is 9.53 Å². The topological polar surface area (TPSA) is 107 Å². The van der Waals surface area contributed by atoms with Crippen LogP contribution in [0.5, 0.6) is 0 Å². The van der Waals surface area contributed by atoms with Crippen LogP contribution in [0.4, 0.5) is 11.6 Å². The number of carbonyl (C=O) groups excluding carboxylic acids is 2. The number of aromatic nitrogens is 1. The van der Waals surface area contributed by atoms with E-state index in [-0.39, 0.29) is 32.9 Å². The van der Waals surface area contributed by atoms with Crippen molar-refractivity contribution in [2.75, 3.05) is 17.7 Å². The molecule has 0 atom stereocenters. The summed E-state index contributed by atoms with van der Waals surface area (Å²) >= 11 is 11.8. The summed E-state index contributed by atoms with van der Waals surface area (Å²) < 4.78 is 9.49.